The number of hydrogen-bond donors (Lipinski definition) is 0. The third-order valence-electron chi connectivity index (χ3n) is 1.59. The Morgan fingerprint density at radius 2 is 1.62 bits per heavy atom. The summed E-state index contributed by atoms with van der Waals surface area (Å²) in [5.41, 5.74) is 2.19. The molecule has 1 heteroatoms. The van der Waals surface area contributed by atoms with Gasteiger partial charge in [0.1, 0.15) is 0 Å². The monoisotopic (exact) mass is 232 g/mol. The van der Waals surface area contributed by atoms with Crippen LogP contribution in [0.2, 0.25) is 0 Å². The average Bonchev–Trinajstić information content (AvgIpc) is 3.18. The van der Waals surface area contributed by atoms with Crippen LogP contribution in [0.5, 0.6) is 0 Å². The van der Waals surface area contributed by atoms with E-state index in [1.165, 1.54) is 17.1 Å². The maximum Gasteiger partial charge on any atom is 0.00238 e. The fourth-order valence-electron chi connectivity index (χ4n) is 0.589. The van der Waals surface area contributed by atoms with Crippen LogP contribution in [0.25, 0.3) is 6.08 Å². The summed E-state index contributed by atoms with van der Waals surface area (Å²) in [4.78, 5) is 0. The molecule has 0 unspecified atom stereocenters. The lowest BCUT2D eigenvalue weighted by Crippen LogP contribution is -1.63. The Morgan fingerprint density at radius 1 is 1.19 bits per heavy atom. The van der Waals surface area contributed by atoms with Gasteiger partial charge in [-0.3, -0.25) is 0 Å². The summed E-state index contributed by atoms with van der Waals surface area (Å²) in [5.74, 6) is 2.83. The van der Waals surface area contributed by atoms with E-state index in [2.05, 4.69) is 19.7 Å². The lowest BCUT2D eigenvalue weighted by atomic mass is 10.2. The fraction of sp³-hybridized carbons (Fsp3) is 0.200. The largest absolute Gasteiger partial charge is 0.160 e. The Labute approximate surface area is 104 Å². The van der Waals surface area contributed by atoms with E-state index >= 15 is 0 Å². The molecule has 0 atom stereocenters. The molecule has 1 aliphatic rings. The smallest absolute Gasteiger partial charge is 0.00238 e. The number of hydrogen-bond acceptors (Lipinski definition) is 1. The number of rotatable bonds is 2. The molecule has 1 aromatic carbocycles. The molecule has 0 amide bonds. The van der Waals surface area contributed by atoms with Gasteiger partial charge < -0.3 is 0 Å². The summed E-state index contributed by atoms with van der Waals surface area (Å²) in [6, 6.07) is 10.0. The minimum Gasteiger partial charge on any atom is -0.160 e. The van der Waals surface area contributed by atoms with Crippen molar-refractivity contribution in [3.8, 4) is 0 Å². The standard InChI is InChI=1S/C8H8.C5H8.C2H4S/c1-2-8-6-4-3-5-7-8;1-4-5(2)3;1-2-3-1/h2-7H,1H2;4H,1-2H2,3H3;1-2H2. The highest BCUT2D eigenvalue weighted by molar-refractivity contribution is 8.06. The number of benzene rings is 1. The van der Waals surface area contributed by atoms with Crippen LogP contribution in [-0.2, 0) is 0 Å². The van der Waals surface area contributed by atoms with E-state index in [-0.39, 0.29) is 0 Å². The zero-order valence-corrected chi connectivity index (χ0v) is 10.8. The molecule has 2 rings (SSSR count). The lowest BCUT2D eigenvalue weighted by molar-refractivity contribution is 1.58. The van der Waals surface area contributed by atoms with Crippen molar-refractivity contribution < 1.29 is 0 Å². The van der Waals surface area contributed by atoms with Crippen molar-refractivity contribution in [1.29, 1.82) is 0 Å². The molecule has 0 spiro atoms. The second kappa shape index (κ2) is 10.3. The SMILES string of the molecule is C1CS1.C=CC(=C)C.C=Cc1ccccc1. The van der Waals surface area contributed by atoms with Gasteiger partial charge in [0, 0.05) is 11.5 Å². The van der Waals surface area contributed by atoms with Crippen LogP contribution < -0.4 is 0 Å². The molecule has 16 heavy (non-hydrogen) atoms. The number of thioether (sulfide) groups is 1. The van der Waals surface area contributed by atoms with Crippen LogP contribution in [0.1, 0.15) is 12.5 Å². The quantitative estimate of drug-likeness (QED) is 0.521. The van der Waals surface area contributed by atoms with E-state index in [1.54, 1.807) is 6.08 Å². The van der Waals surface area contributed by atoms with E-state index in [0.717, 1.165) is 5.57 Å². The van der Waals surface area contributed by atoms with E-state index in [1.807, 2.05) is 55.1 Å². The molecule has 0 aromatic heterocycles. The predicted molar refractivity (Wildman–Crippen MR) is 78.9 cm³/mol. The van der Waals surface area contributed by atoms with Crippen molar-refractivity contribution >= 4 is 17.8 Å². The third-order valence-corrected chi connectivity index (χ3v) is 2.00. The molecule has 0 N–H and O–H groups in total. The highest BCUT2D eigenvalue weighted by Gasteiger charge is 1.95. The Balaban J connectivity index is 0.000000239. The molecule has 0 radical (unpaired) electrons. The third kappa shape index (κ3) is 12.8. The summed E-state index contributed by atoms with van der Waals surface area (Å²) in [7, 11) is 0. The Kier molecular flexibility index (Phi) is 9.53. The van der Waals surface area contributed by atoms with Crippen LogP contribution >= 0.6 is 11.8 Å². The van der Waals surface area contributed by atoms with Crippen molar-refractivity contribution in [2.45, 2.75) is 6.92 Å². The van der Waals surface area contributed by atoms with Crippen molar-refractivity contribution in [2.75, 3.05) is 11.5 Å². The van der Waals surface area contributed by atoms with Gasteiger partial charge >= 0.3 is 0 Å². The molecule has 1 aromatic rings. The molecular weight excluding hydrogens is 212 g/mol. The first-order valence-electron chi connectivity index (χ1n) is 5.24. The summed E-state index contributed by atoms with van der Waals surface area (Å²) >= 11 is 2.00. The molecule has 1 saturated heterocycles. The van der Waals surface area contributed by atoms with Gasteiger partial charge in [0.05, 0.1) is 0 Å². The molecule has 0 bridgehead atoms. The zero-order chi connectivity index (χ0) is 12.2. The first-order chi connectivity index (χ1) is 7.70. The summed E-state index contributed by atoms with van der Waals surface area (Å²) in [5, 5.41) is 0. The van der Waals surface area contributed by atoms with Gasteiger partial charge in [-0.1, -0.05) is 67.8 Å². The minimum atomic E-state index is 1.02. The van der Waals surface area contributed by atoms with Crippen molar-refractivity contribution in [1.82, 2.24) is 0 Å². The number of allylic oxidation sites excluding steroid dienone is 2. The molecule has 1 heterocycles. The first kappa shape index (κ1) is 14.8. The lowest BCUT2D eigenvalue weighted by Gasteiger charge is -1.85. The van der Waals surface area contributed by atoms with E-state index in [4.69, 9.17) is 0 Å². The van der Waals surface area contributed by atoms with Crippen molar-refractivity contribution in [3.05, 3.63) is 67.3 Å². The summed E-state index contributed by atoms with van der Waals surface area (Å²) in [6.45, 7) is 12.6. The molecular formula is C15H20S. The average molecular weight is 232 g/mol. The van der Waals surface area contributed by atoms with Gasteiger partial charge in [0.15, 0.2) is 0 Å². The van der Waals surface area contributed by atoms with E-state index in [9.17, 15) is 0 Å². The maximum atomic E-state index is 3.63. The van der Waals surface area contributed by atoms with Gasteiger partial charge in [-0.15, -0.1) is 0 Å². The van der Waals surface area contributed by atoms with Crippen molar-refractivity contribution in [3.63, 3.8) is 0 Å². The van der Waals surface area contributed by atoms with Crippen LogP contribution in [0.3, 0.4) is 0 Å². The zero-order valence-electron chi connectivity index (χ0n) is 9.99. The summed E-state index contributed by atoms with van der Waals surface area (Å²) in [6.07, 6.45) is 3.56. The maximum absolute atomic E-state index is 3.63. The van der Waals surface area contributed by atoms with Gasteiger partial charge in [-0.05, 0) is 12.5 Å². The van der Waals surface area contributed by atoms with Crippen LogP contribution in [-0.4, -0.2) is 11.5 Å². The molecule has 0 nitrogen and oxygen atoms in total. The van der Waals surface area contributed by atoms with Gasteiger partial charge in [0.25, 0.3) is 0 Å². The Bertz CT molecular complexity index is 307. The Hall–Kier alpha value is -1.21. The molecule has 0 saturated carbocycles. The molecule has 1 aliphatic heterocycles. The normalized spacial score (nSPS) is 10.8. The molecule has 1 fully saturated rings. The van der Waals surface area contributed by atoms with Crippen molar-refractivity contribution in [2.24, 2.45) is 0 Å². The van der Waals surface area contributed by atoms with Gasteiger partial charge in [0.2, 0.25) is 0 Å². The first-order valence-corrected chi connectivity index (χ1v) is 6.39. The topological polar surface area (TPSA) is 0 Å². The highest BCUT2D eigenvalue weighted by atomic mass is 32.2. The summed E-state index contributed by atoms with van der Waals surface area (Å²) < 4.78 is 0. The molecule has 0 aliphatic carbocycles. The highest BCUT2D eigenvalue weighted by Crippen LogP contribution is 2.14. The van der Waals surface area contributed by atoms with Gasteiger partial charge in [-0.2, -0.15) is 11.8 Å². The van der Waals surface area contributed by atoms with Crippen LogP contribution in [0.4, 0.5) is 0 Å². The van der Waals surface area contributed by atoms with Crippen LogP contribution in [0, 0.1) is 0 Å². The second-order valence-electron chi connectivity index (χ2n) is 3.28. The minimum absolute atomic E-state index is 1.02. The van der Waals surface area contributed by atoms with E-state index < -0.39 is 0 Å². The fourth-order valence-corrected chi connectivity index (χ4v) is 0.589. The van der Waals surface area contributed by atoms with E-state index in [0.29, 0.717) is 0 Å². The molecule has 86 valence electrons. The predicted octanol–water partition coefficient (Wildman–Crippen LogP) is 4.81. The van der Waals surface area contributed by atoms with Gasteiger partial charge in [-0.25, -0.2) is 0 Å². The Morgan fingerprint density at radius 3 is 1.81 bits per heavy atom. The second-order valence-corrected chi connectivity index (χ2v) is 4.50. The van der Waals surface area contributed by atoms with Crippen LogP contribution in [0.15, 0.2) is 61.7 Å².